The van der Waals surface area contributed by atoms with Crippen molar-refractivity contribution in [2.45, 2.75) is 84.2 Å². The van der Waals surface area contributed by atoms with Gasteiger partial charge in [-0.2, -0.15) is 0 Å². The number of carbonyl (C=O) groups excluding carboxylic acids is 1. The topological polar surface area (TPSA) is 92.6 Å². The second kappa shape index (κ2) is 7.26. The van der Waals surface area contributed by atoms with Crippen molar-refractivity contribution < 1.29 is 9.90 Å². The number of hydrogen-bond donors (Lipinski definition) is 3. The lowest BCUT2D eigenvalue weighted by atomic mass is 9.44. The summed E-state index contributed by atoms with van der Waals surface area (Å²) in [6.07, 6.45) is 13.1. The zero-order chi connectivity index (χ0) is 21.0. The van der Waals surface area contributed by atoms with Crippen molar-refractivity contribution in [1.29, 1.82) is 0 Å². The summed E-state index contributed by atoms with van der Waals surface area (Å²) < 4.78 is 0. The third-order valence-corrected chi connectivity index (χ3v) is 9.96. The van der Waals surface area contributed by atoms with Gasteiger partial charge in [0.05, 0.1) is 12.1 Å². The van der Waals surface area contributed by atoms with Crippen molar-refractivity contribution in [3.8, 4) is 0 Å². The van der Waals surface area contributed by atoms with Crippen LogP contribution in [0, 0.1) is 40.4 Å². The van der Waals surface area contributed by atoms with Gasteiger partial charge in [-0.3, -0.25) is 4.79 Å². The second-order valence-corrected chi connectivity index (χ2v) is 11.5. The lowest BCUT2D eigenvalue weighted by Gasteiger charge is -2.61. The maximum absolute atomic E-state index is 13.1. The number of nitrogens with zero attached hydrogens (tertiary/aromatic N) is 1. The highest BCUT2D eigenvalue weighted by molar-refractivity contribution is 5.84. The highest BCUT2D eigenvalue weighted by Gasteiger charge is 2.61. The number of ketones is 1. The molecule has 4 aliphatic rings. The molecule has 0 spiro atoms. The molecule has 5 nitrogen and oxygen atoms in total. The summed E-state index contributed by atoms with van der Waals surface area (Å²) in [5.74, 6) is 9.14. The third-order valence-electron chi connectivity index (χ3n) is 9.96. The van der Waals surface area contributed by atoms with Crippen LogP contribution in [0.2, 0.25) is 0 Å². The summed E-state index contributed by atoms with van der Waals surface area (Å²) in [7, 11) is 0. The van der Waals surface area contributed by atoms with Crippen molar-refractivity contribution in [3.05, 3.63) is 12.4 Å². The average Bonchev–Trinajstić information content (AvgIpc) is 2.99. The summed E-state index contributed by atoms with van der Waals surface area (Å²) in [6, 6.07) is 0. The smallest absolute Gasteiger partial charge is 0.157 e. The molecule has 0 aromatic rings. The largest absolute Gasteiger partial charge is 0.403 e. The van der Waals surface area contributed by atoms with Gasteiger partial charge in [0.15, 0.2) is 5.78 Å². The van der Waals surface area contributed by atoms with Gasteiger partial charge in [0.25, 0.3) is 0 Å². The van der Waals surface area contributed by atoms with Gasteiger partial charge in [-0.05, 0) is 99.2 Å². The Morgan fingerprint density at radius 2 is 1.76 bits per heavy atom. The standard InChI is InChI=1S/C24H41N3O2/c1-22(29)10-11-23(2)16(14-22)4-5-17-18-6-7-20(21(28)15-27(26)13-12-25)24(18,3)9-8-19(17)23/h12-13,16-20,29H,4-11,14-15,25-26H2,1-3H3/b13-12-/t16-,17+,18+,19+,20-,22-,23+,24+/m1/s1. The van der Waals surface area contributed by atoms with Crippen LogP contribution in [0.15, 0.2) is 12.4 Å². The minimum absolute atomic E-state index is 0.120. The van der Waals surface area contributed by atoms with E-state index in [4.69, 9.17) is 11.6 Å². The maximum atomic E-state index is 13.1. The van der Waals surface area contributed by atoms with Gasteiger partial charge in [0.1, 0.15) is 0 Å². The van der Waals surface area contributed by atoms with Crippen LogP contribution in [-0.4, -0.2) is 28.0 Å². The van der Waals surface area contributed by atoms with Gasteiger partial charge in [-0.15, -0.1) is 0 Å². The van der Waals surface area contributed by atoms with Crippen LogP contribution in [0.1, 0.15) is 78.6 Å². The van der Waals surface area contributed by atoms with Crippen LogP contribution < -0.4 is 11.6 Å². The fourth-order valence-corrected chi connectivity index (χ4v) is 8.41. The first-order valence-corrected chi connectivity index (χ1v) is 11.8. The molecule has 0 aliphatic heterocycles. The molecular formula is C24H41N3O2. The predicted molar refractivity (Wildman–Crippen MR) is 115 cm³/mol. The summed E-state index contributed by atoms with van der Waals surface area (Å²) in [5.41, 5.74) is 5.43. The van der Waals surface area contributed by atoms with E-state index in [0.29, 0.717) is 17.3 Å². The van der Waals surface area contributed by atoms with Crippen LogP contribution in [-0.2, 0) is 4.79 Å². The highest BCUT2D eigenvalue weighted by atomic mass is 16.3. The van der Waals surface area contributed by atoms with E-state index in [1.54, 1.807) is 6.20 Å². The Hall–Kier alpha value is -1.07. The fourth-order valence-electron chi connectivity index (χ4n) is 8.41. The Kier molecular flexibility index (Phi) is 5.30. The van der Waals surface area contributed by atoms with E-state index in [-0.39, 0.29) is 23.7 Å². The molecule has 4 fully saturated rings. The molecule has 0 aromatic heterocycles. The number of hydrazine groups is 1. The van der Waals surface area contributed by atoms with Crippen LogP contribution in [0.5, 0.6) is 0 Å². The number of fused-ring (bicyclic) bond motifs is 5. The SMILES string of the molecule is C[C@@]1(O)CC[C@@]2(C)[C@H](CC[C@@H]3[C@@H]2CC[C@]2(C)[C@@H](C(=O)CN(N)/C=C\N)CC[C@@H]32)C1. The molecule has 4 rings (SSSR count). The first-order valence-electron chi connectivity index (χ1n) is 11.8. The number of rotatable bonds is 4. The minimum Gasteiger partial charge on any atom is -0.403 e. The summed E-state index contributed by atoms with van der Waals surface area (Å²) in [4.78, 5) is 13.1. The lowest BCUT2D eigenvalue weighted by Crippen LogP contribution is -2.56. The fraction of sp³-hybridized carbons (Fsp3) is 0.875. The molecule has 8 atom stereocenters. The van der Waals surface area contributed by atoms with Crippen molar-refractivity contribution in [1.82, 2.24) is 5.01 Å². The zero-order valence-corrected chi connectivity index (χ0v) is 18.6. The Morgan fingerprint density at radius 1 is 1.03 bits per heavy atom. The Balaban J connectivity index is 1.51. The van der Waals surface area contributed by atoms with Crippen LogP contribution in [0.3, 0.4) is 0 Å². The van der Waals surface area contributed by atoms with E-state index >= 15 is 0 Å². The van der Waals surface area contributed by atoms with Crippen molar-refractivity contribution in [3.63, 3.8) is 0 Å². The quantitative estimate of drug-likeness (QED) is 0.493. The van der Waals surface area contributed by atoms with Crippen molar-refractivity contribution in [2.24, 2.45) is 52.0 Å². The number of nitrogens with two attached hydrogens (primary N) is 2. The molecular weight excluding hydrogens is 362 g/mol. The molecule has 0 heterocycles. The highest BCUT2D eigenvalue weighted by Crippen LogP contribution is 2.68. The molecule has 0 bridgehead atoms. The normalized spacial score (nSPS) is 49.3. The summed E-state index contributed by atoms with van der Waals surface area (Å²) >= 11 is 0. The molecule has 0 aromatic carbocycles. The van der Waals surface area contributed by atoms with Crippen molar-refractivity contribution >= 4 is 5.78 Å². The molecule has 5 heteroatoms. The van der Waals surface area contributed by atoms with Gasteiger partial charge in [-0.1, -0.05) is 13.8 Å². The van der Waals surface area contributed by atoms with Gasteiger partial charge in [0.2, 0.25) is 0 Å². The lowest BCUT2D eigenvalue weighted by molar-refractivity contribution is -0.151. The number of hydrogen-bond acceptors (Lipinski definition) is 5. The molecule has 0 unspecified atom stereocenters. The number of Topliss-reactive ketones (excluding diaryl/α,β-unsaturated/α-hetero) is 1. The summed E-state index contributed by atoms with van der Waals surface area (Å²) in [6.45, 7) is 7.20. The van der Waals surface area contributed by atoms with Gasteiger partial charge < -0.3 is 15.8 Å². The Labute approximate surface area is 176 Å². The van der Waals surface area contributed by atoms with Crippen molar-refractivity contribution in [2.75, 3.05) is 6.54 Å². The second-order valence-electron chi connectivity index (χ2n) is 11.5. The van der Waals surface area contributed by atoms with E-state index in [1.165, 1.54) is 36.9 Å². The van der Waals surface area contributed by atoms with Gasteiger partial charge in [0, 0.05) is 18.3 Å². The van der Waals surface area contributed by atoms with E-state index in [1.807, 2.05) is 6.92 Å². The van der Waals surface area contributed by atoms with Crippen LogP contribution in [0.4, 0.5) is 0 Å². The number of aliphatic hydroxyl groups is 1. The molecule has 164 valence electrons. The Morgan fingerprint density at radius 3 is 2.48 bits per heavy atom. The summed E-state index contributed by atoms with van der Waals surface area (Å²) in [5, 5.41) is 12.1. The van der Waals surface area contributed by atoms with Crippen LogP contribution >= 0.6 is 0 Å². The molecule has 29 heavy (non-hydrogen) atoms. The molecule has 0 amide bonds. The molecule has 4 saturated carbocycles. The average molecular weight is 404 g/mol. The minimum atomic E-state index is -0.475. The van der Waals surface area contributed by atoms with E-state index in [0.717, 1.165) is 43.9 Å². The maximum Gasteiger partial charge on any atom is 0.157 e. The first kappa shape index (κ1) is 21.2. The third kappa shape index (κ3) is 3.42. The predicted octanol–water partition coefficient (Wildman–Crippen LogP) is 3.57. The number of carbonyl (C=O) groups is 1. The molecule has 4 aliphatic carbocycles. The zero-order valence-electron chi connectivity index (χ0n) is 18.6. The Bertz CT molecular complexity index is 677. The molecule has 0 radical (unpaired) electrons. The van der Waals surface area contributed by atoms with Gasteiger partial charge >= 0.3 is 0 Å². The molecule has 5 N–H and O–H groups in total. The van der Waals surface area contributed by atoms with Crippen LogP contribution in [0.25, 0.3) is 0 Å². The first-order chi connectivity index (χ1) is 13.6. The van der Waals surface area contributed by atoms with Gasteiger partial charge in [-0.25, -0.2) is 5.84 Å². The van der Waals surface area contributed by atoms with E-state index < -0.39 is 5.60 Å². The van der Waals surface area contributed by atoms with E-state index in [2.05, 4.69) is 13.8 Å². The van der Waals surface area contributed by atoms with E-state index in [9.17, 15) is 9.90 Å². The molecule has 0 saturated heterocycles. The monoisotopic (exact) mass is 403 g/mol.